The second-order valence-corrected chi connectivity index (χ2v) is 5.05. The van der Waals surface area contributed by atoms with Crippen molar-refractivity contribution in [2.24, 2.45) is 0 Å². The van der Waals surface area contributed by atoms with Crippen LogP contribution in [0.2, 0.25) is 0 Å². The molecule has 3 aromatic rings. The first-order valence-corrected chi connectivity index (χ1v) is 7.01. The number of piperazine rings is 1. The van der Waals surface area contributed by atoms with Gasteiger partial charge < -0.3 is 14.8 Å². The standard InChI is InChI=1S/C13H14N8O/c22-10-2-1-9(18-19-10)20-3-5-21(6-4-20)13-11-12(15-7-14-11)16-8-17-13/h1-2,7-8H,3-6H2,(H,19,22)(H,14,15,16,17). The number of H-pyrrole nitrogens is 2. The summed E-state index contributed by atoms with van der Waals surface area (Å²) in [5, 5.41) is 6.54. The van der Waals surface area contributed by atoms with Gasteiger partial charge >= 0.3 is 0 Å². The molecule has 22 heavy (non-hydrogen) atoms. The smallest absolute Gasteiger partial charge is 0.264 e. The number of fused-ring (bicyclic) bond motifs is 1. The van der Waals surface area contributed by atoms with E-state index in [9.17, 15) is 4.79 Å². The van der Waals surface area contributed by atoms with Crippen molar-refractivity contribution >= 4 is 22.8 Å². The van der Waals surface area contributed by atoms with Crippen molar-refractivity contribution < 1.29 is 0 Å². The van der Waals surface area contributed by atoms with Crippen LogP contribution in [0.4, 0.5) is 11.6 Å². The number of hydrogen-bond acceptors (Lipinski definition) is 7. The molecule has 0 atom stereocenters. The Hall–Kier alpha value is -2.97. The fourth-order valence-electron chi connectivity index (χ4n) is 2.65. The molecule has 0 amide bonds. The molecular weight excluding hydrogens is 284 g/mol. The van der Waals surface area contributed by atoms with Crippen LogP contribution in [0.3, 0.4) is 0 Å². The third-order valence-electron chi connectivity index (χ3n) is 3.77. The molecule has 0 saturated carbocycles. The molecule has 2 N–H and O–H groups in total. The van der Waals surface area contributed by atoms with Gasteiger partial charge in [0.25, 0.3) is 5.56 Å². The second kappa shape index (κ2) is 5.10. The number of imidazole rings is 1. The molecule has 1 aliphatic heterocycles. The van der Waals surface area contributed by atoms with Crippen molar-refractivity contribution in [2.45, 2.75) is 0 Å². The molecule has 0 aliphatic carbocycles. The van der Waals surface area contributed by atoms with Gasteiger partial charge in [-0.25, -0.2) is 20.1 Å². The number of anilines is 2. The Kier molecular flexibility index (Phi) is 2.95. The van der Waals surface area contributed by atoms with Crippen LogP contribution in [-0.4, -0.2) is 56.3 Å². The summed E-state index contributed by atoms with van der Waals surface area (Å²) in [4.78, 5) is 31.2. The largest absolute Gasteiger partial charge is 0.352 e. The maximum absolute atomic E-state index is 11.1. The van der Waals surface area contributed by atoms with Gasteiger partial charge in [0.1, 0.15) is 17.7 Å². The Morgan fingerprint density at radius 1 is 1.00 bits per heavy atom. The van der Waals surface area contributed by atoms with Crippen molar-refractivity contribution in [3.63, 3.8) is 0 Å². The van der Waals surface area contributed by atoms with Crippen LogP contribution in [0.25, 0.3) is 11.2 Å². The van der Waals surface area contributed by atoms with Gasteiger partial charge in [-0.05, 0) is 6.07 Å². The van der Waals surface area contributed by atoms with Gasteiger partial charge in [-0.3, -0.25) is 4.79 Å². The van der Waals surface area contributed by atoms with Gasteiger partial charge in [-0.15, -0.1) is 0 Å². The summed E-state index contributed by atoms with van der Waals surface area (Å²) in [7, 11) is 0. The van der Waals surface area contributed by atoms with Crippen LogP contribution in [-0.2, 0) is 0 Å². The molecule has 1 saturated heterocycles. The van der Waals surface area contributed by atoms with Gasteiger partial charge in [0.05, 0.1) is 6.33 Å². The summed E-state index contributed by atoms with van der Waals surface area (Å²) in [5.41, 5.74) is 1.35. The highest BCUT2D eigenvalue weighted by atomic mass is 16.1. The molecule has 3 aromatic heterocycles. The van der Waals surface area contributed by atoms with Crippen LogP contribution in [0.5, 0.6) is 0 Å². The number of nitrogens with one attached hydrogen (secondary N) is 2. The molecule has 0 unspecified atom stereocenters. The third kappa shape index (κ3) is 2.16. The predicted octanol–water partition coefficient (Wildman–Crippen LogP) is -0.237. The first-order valence-electron chi connectivity index (χ1n) is 7.01. The molecule has 4 rings (SSSR count). The average molecular weight is 298 g/mol. The van der Waals surface area contributed by atoms with E-state index in [0.29, 0.717) is 5.65 Å². The van der Waals surface area contributed by atoms with Crippen molar-refractivity contribution in [3.05, 3.63) is 35.1 Å². The Balaban J connectivity index is 1.53. The van der Waals surface area contributed by atoms with Gasteiger partial charge in [0, 0.05) is 32.2 Å². The molecule has 1 aliphatic rings. The van der Waals surface area contributed by atoms with E-state index in [2.05, 4.69) is 39.9 Å². The Morgan fingerprint density at radius 2 is 1.82 bits per heavy atom. The van der Waals surface area contributed by atoms with E-state index in [1.54, 1.807) is 12.4 Å². The van der Waals surface area contributed by atoms with E-state index in [-0.39, 0.29) is 5.56 Å². The van der Waals surface area contributed by atoms with Gasteiger partial charge in [-0.1, -0.05) is 0 Å². The zero-order valence-electron chi connectivity index (χ0n) is 11.7. The van der Waals surface area contributed by atoms with Crippen molar-refractivity contribution in [1.82, 2.24) is 30.1 Å². The normalized spacial score (nSPS) is 15.5. The number of rotatable bonds is 2. The zero-order chi connectivity index (χ0) is 14.9. The first-order chi connectivity index (χ1) is 10.8. The highest BCUT2D eigenvalue weighted by molar-refractivity contribution is 5.82. The fourth-order valence-corrected chi connectivity index (χ4v) is 2.65. The summed E-state index contributed by atoms with van der Waals surface area (Å²) in [6, 6.07) is 3.24. The number of aromatic amines is 2. The highest BCUT2D eigenvalue weighted by Crippen LogP contribution is 2.21. The highest BCUT2D eigenvalue weighted by Gasteiger charge is 2.21. The van der Waals surface area contributed by atoms with Gasteiger partial charge in [-0.2, -0.15) is 5.10 Å². The summed E-state index contributed by atoms with van der Waals surface area (Å²) >= 11 is 0. The van der Waals surface area contributed by atoms with E-state index < -0.39 is 0 Å². The maximum Gasteiger partial charge on any atom is 0.264 e. The Morgan fingerprint density at radius 3 is 2.59 bits per heavy atom. The average Bonchev–Trinajstić information content (AvgIpc) is 3.04. The predicted molar refractivity (Wildman–Crippen MR) is 81.0 cm³/mol. The lowest BCUT2D eigenvalue weighted by Gasteiger charge is -2.35. The van der Waals surface area contributed by atoms with E-state index in [1.165, 1.54) is 12.4 Å². The molecular formula is C13H14N8O. The van der Waals surface area contributed by atoms with Crippen molar-refractivity contribution in [2.75, 3.05) is 36.0 Å². The minimum Gasteiger partial charge on any atom is -0.352 e. The monoisotopic (exact) mass is 298 g/mol. The minimum atomic E-state index is -0.190. The van der Waals surface area contributed by atoms with E-state index in [4.69, 9.17) is 0 Å². The Bertz CT molecular complexity index is 828. The van der Waals surface area contributed by atoms with E-state index in [1.807, 2.05) is 0 Å². The topological polar surface area (TPSA) is 107 Å². The van der Waals surface area contributed by atoms with Crippen molar-refractivity contribution in [3.8, 4) is 0 Å². The second-order valence-electron chi connectivity index (χ2n) is 5.05. The van der Waals surface area contributed by atoms with Gasteiger partial charge in [0.2, 0.25) is 0 Å². The lowest BCUT2D eigenvalue weighted by atomic mass is 10.3. The lowest BCUT2D eigenvalue weighted by Crippen LogP contribution is -2.47. The van der Waals surface area contributed by atoms with Gasteiger partial charge in [0.15, 0.2) is 11.5 Å². The Labute approximate surface area is 125 Å². The van der Waals surface area contributed by atoms with Crippen LogP contribution in [0.15, 0.2) is 29.6 Å². The molecule has 0 spiro atoms. The third-order valence-corrected chi connectivity index (χ3v) is 3.77. The summed E-state index contributed by atoms with van der Waals surface area (Å²) in [6.07, 6.45) is 3.16. The van der Waals surface area contributed by atoms with Crippen LogP contribution >= 0.6 is 0 Å². The molecule has 0 radical (unpaired) electrons. The summed E-state index contributed by atoms with van der Waals surface area (Å²) in [5.74, 6) is 1.66. The minimum absolute atomic E-state index is 0.190. The quantitative estimate of drug-likeness (QED) is 0.672. The van der Waals surface area contributed by atoms with Crippen LogP contribution in [0, 0.1) is 0 Å². The summed E-state index contributed by atoms with van der Waals surface area (Å²) in [6.45, 7) is 3.23. The van der Waals surface area contributed by atoms with Crippen LogP contribution < -0.4 is 15.4 Å². The first kappa shape index (κ1) is 12.7. The lowest BCUT2D eigenvalue weighted by molar-refractivity contribution is 0.638. The molecule has 1 fully saturated rings. The summed E-state index contributed by atoms with van der Waals surface area (Å²) < 4.78 is 0. The maximum atomic E-state index is 11.1. The molecule has 4 heterocycles. The SMILES string of the molecule is O=c1ccc(N2CCN(c3ncnc4nc[nH]c34)CC2)n[nH]1. The van der Waals surface area contributed by atoms with Crippen molar-refractivity contribution in [1.29, 1.82) is 0 Å². The number of aromatic nitrogens is 6. The molecule has 0 bridgehead atoms. The molecule has 0 aromatic carbocycles. The molecule has 112 valence electrons. The zero-order valence-corrected chi connectivity index (χ0v) is 11.7. The number of hydrogen-bond donors (Lipinski definition) is 2. The number of nitrogens with zero attached hydrogens (tertiary/aromatic N) is 6. The fraction of sp³-hybridized carbons (Fsp3) is 0.308. The molecule has 9 nitrogen and oxygen atoms in total. The van der Waals surface area contributed by atoms with E-state index >= 15 is 0 Å². The van der Waals surface area contributed by atoms with Crippen LogP contribution in [0.1, 0.15) is 0 Å². The van der Waals surface area contributed by atoms with E-state index in [0.717, 1.165) is 43.3 Å². The molecule has 9 heteroatoms.